The molecule has 0 spiro atoms. The molecule has 0 N–H and O–H groups in total. The molecule has 0 unspecified atom stereocenters. The van der Waals surface area contributed by atoms with Gasteiger partial charge in [-0.3, -0.25) is 0 Å². The van der Waals surface area contributed by atoms with Gasteiger partial charge in [-0.2, -0.15) is 5.26 Å². The molecule has 24 heavy (non-hydrogen) atoms. The lowest BCUT2D eigenvalue weighted by Gasteiger charge is -2.15. The van der Waals surface area contributed by atoms with Crippen molar-refractivity contribution in [2.24, 2.45) is 0 Å². The normalized spacial score (nSPS) is 10.5. The summed E-state index contributed by atoms with van der Waals surface area (Å²) in [5, 5.41) is 12.0. The number of nitrogens with zero attached hydrogens (tertiary/aromatic N) is 1. The minimum absolute atomic E-state index is 0.734. The lowest BCUT2D eigenvalue weighted by atomic mass is 9.87. The van der Waals surface area contributed by atoms with Crippen molar-refractivity contribution >= 4 is 10.8 Å². The molecule has 0 saturated carbocycles. The predicted octanol–water partition coefficient (Wildman–Crippen LogP) is 6.05. The van der Waals surface area contributed by atoms with Crippen LogP contribution in [-0.2, 0) is 0 Å². The first kappa shape index (κ1) is 14.2. The standard InChI is InChI=1S/C23H15N/c24-16-22-20-14-8-7-13-19(20)15-21(17-9-3-1-4-10-17)23(22)18-11-5-2-6-12-18/h1-15H. The molecule has 0 aromatic heterocycles. The largest absolute Gasteiger partial charge is 0.192 e. The zero-order valence-electron chi connectivity index (χ0n) is 13.1. The van der Waals surface area contributed by atoms with E-state index in [1.54, 1.807) is 0 Å². The van der Waals surface area contributed by atoms with Crippen LogP contribution in [-0.4, -0.2) is 0 Å². The first-order valence-electron chi connectivity index (χ1n) is 7.95. The first-order chi connectivity index (χ1) is 11.9. The maximum atomic E-state index is 9.90. The van der Waals surface area contributed by atoms with Gasteiger partial charge in [0.1, 0.15) is 6.07 Å². The van der Waals surface area contributed by atoms with Crippen LogP contribution in [0.5, 0.6) is 0 Å². The van der Waals surface area contributed by atoms with Gasteiger partial charge in [0.15, 0.2) is 0 Å². The maximum absolute atomic E-state index is 9.90. The third-order valence-corrected chi connectivity index (χ3v) is 4.31. The number of nitriles is 1. The van der Waals surface area contributed by atoms with Gasteiger partial charge in [-0.15, -0.1) is 0 Å². The van der Waals surface area contributed by atoms with E-state index >= 15 is 0 Å². The lowest BCUT2D eigenvalue weighted by Crippen LogP contribution is -1.92. The van der Waals surface area contributed by atoms with Gasteiger partial charge in [0.05, 0.1) is 5.56 Å². The quantitative estimate of drug-likeness (QED) is 0.442. The number of hydrogen-bond donors (Lipinski definition) is 0. The molecular formula is C23H15N. The Bertz CT molecular complexity index is 1040. The molecule has 4 aromatic rings. The Morgan fingerprint density at radius 3 is 1.88 bits per heavy atom. The highest BCUT2D eigenvalue weighted by Crippen LogP contribution is 2.39. The second-order valence-electron chi connectivity index (χ2n) is 5.74. The van der Waals surface area contributed by atoms with Gasteiger partial charge in [0.2, 0.25) is 0 Å². The zero-order chi connectivity index (χ0) is 16.4. The topological polar surface area (TPSA) is 23.8 Å². The van der Waals surface area contributed by atoms with Crippen LogP contribution in [0.15, 0.2) is 91.0 Å². The van der Waals surface area contributed by atoms with E-state index in [0.29, 0.717) is 0 Å². The number of fused-ring (bicyclic) bond motifs is 1. The van der Waals surface area contributed by atoms with Gasteiger partial charge in [0.25, 0.3) is 0 Å². The molecule has 0 radical (unpaired) electrons. The second-order valence-corrected chi connectivity index (χ2v) is 5.74. The Hall–Kier alpha value is -3.37. The van der Waals surface area contributed by atoms with E-state index in [-0.39, 0.29) is 0 Å². The van der Waals surface area contributed by atoms with Crippen LogP contribution >= 0.6 is 0 Å². The van der Waals surface area contributed by atoms with Gasteiger partial charge in [-0.1, -0.05) is 84.9 Å². The average Bonchev–Trinajstić information content (AvgIpc) is 2.67. The molecule has 0 atom stereocenters. The van der Waals surface area contributed by atoms with Crippen LogP contribution in [0.4, 0.5) is 0 Å². The van der Waals surface area contributed by atoms with E-state index in [1.165, 1.54) is 0 Å². The summed E-state index contributed by atoms with van der Waals surface area (Å²) < 4.78 is 0. The Kier molecular flexibility index (Phi) is 3.57. The fourth-order valence-corrected chi connectivity index (χ4v) is 3.21. The summed E-state index contributed by atoms with van der Waals surface area (Å²) in [6, 6.07) is 33.2. The molecule has 112 valence electrons. The monoisotopic (exact) mass is 305 g/mol. The van der Waals surface area contributed by atoms with Gasteiger partial charge in [0, 0.05) is 10.9 Å². The molecule has 1 nitrogen and oxygen atoms in total. The summed E-state index contributed by atoms with van der Waals surface area (Å²) in [5.74, 6) is 0. The van der Waals surface area contributed by atoms with Crippen molar-refractivity contribution in [2.45, 2.75) is 0 Å². The highest BCUT2D eigenvalue weighted by molar-refractivity contribution is 6.01. The minimum Gasteiger partial charge on any atom is -0.192 e. The van der Waals surface area contributed by atoms with Gasteiger partial charge < -0.3 is 0 Å². The van der Waals surface area contributed by atoms with Crippen molar-refractivity contribution < 1.29 is 0 Å². The van der Waals surface area contributed by atoms with Gasteiger partial charge >= 0.3 is 0 Å². The summed E-state index contributed by atoms with van der Waals surface area (Å²) >= 11 is 0. The first-order valence-corrected chi connectivity index (χ1v) is 7.95. The lowest BCUT2D eigenvalue weighted by molar-refractivity contribution is 1.49. The summed E-state index contributed by atoms with van der Waals surface area (Å²) in [6.45, 7) is 0. The average molecular weight is 305 g/mol. The molecule has 0 amide bonds. The summed E-state index contributed by atoms with van der Waals surface area (Å²) in [5.41, 5.74) is 5.02. The van der Waals surface area contributed by atoms with E-state index < -0.39 is 0 Å². The maximum Gasteiger partial charge on any atom is 0.100 e. The highest BCUT2D eigenvalue weighted by Gasteiger charge is 2.16. The molecule has 0 saturated heterocycles. The number of benzene rings is 4. The SMILES string of the molecule is N#Cc1c(-c2ccccc2)c(-c2ccccc2)cc2ccccc12. The van der Waals surface area contributed by atoms with Crippen molar-refractivity contribution in [1.82, 2.24) is 0 Å². The molecule has 0 bridgehead atoms. The highest BCUT2D eigenvalue weighted by atomic mass is 14.3. The van der Waals surface area contributed by atoms with Crippen molar-refractivity contribution in [2.75, 3.05) is 0 Å². The minimum atomic E-state index is 0.734. The molecule has 0 aliphatic heterocycles. The van der Waals surface area contributed by atoms with E-state index in [2.05, 4.69) is 42.5 Å². The van der Waals surface area contributed by atoms with Crippen LogP contribution in [0.3, 0.4) is 0 Å². The van der Waals surface area contributed by atoms with Crippen molar-refractivity contribution in [3.8, 4) is 28.3 Å². The molecule has 1 heteroatoms. The van der Waals surface area contributed by atoms with Gasteiger partial charge in [-0.25, -0.2) is 0 Å². The Balaban J connectivity index is 2.16. The van der Waals surface area contributed by atoms with Crippen molar-refractivity contribution in [1.29, 1.82) is 5.26 Å². The van der Waals surface area contributed by atoms with Crippen LogP contribution < -0.4 is 0 Å². The fourth-order valence-electron chi connectivity index (χ4n) is 3.21. The number of hydrogen-bond acceptors (Lipinski definition) is 1. The predicted molar refractivity (Wildman–Crippen MR) is 99.5 cm³/mol. The summed E-state index contributed by atoms with van der Waals surface area (Å²) in [7, 11) is 0. The van der Waals surface area contributed by atoms with E-state index in [9.17, 15) is 5.26 Å². The molecular weight excluding hydrogens is 290 g/mol. The van der Waals surface area contributed by atoms with Crippen LogP contribution in [0.25, 0.3) is 33.0 Å². The van der Waals surface area contributed by atoms with E-state index in [1.807, 2.05) is 54.6 Å². The molecule has 0 aliphatic carbocycles. The third kappa shape index (κ3) is 2.35. The zero-order valence-corrected chi connectivity index (χ0v) is 13.1. The molecule has 4 aromatic carbocycles. The molecule has 0 aliphatic rings. The van der Waals surface area contributed by atoms with Gasteiger partial charge in [-0.05, 0) is 28.1 Å². The molecule has 0 fully saturated rings. The Morgan fingerprint density at radius 1 is 0.625 bits per heavy atom. The Labute approximate surface area is 141 Å². The summed E-state index contributed by atoms with van der Waals surface area (Å²) in [4.78, 5) is 0. The smallest absolute Gasteiger partial charge is 0.100 e. The van der Waals surface area contributed by atoms with Crippen molar-refractivity contribution in [3.05, 3.63) is 96.6 Å². The van der Waals surface area contributed by atoms with Crippen LogP contribution in [0.2, 0.25) is 0 Å². The molecule has 0 heterocycles. The van der Waals surface area contributed by atoms with E-state index in [0.717, 1.165) is 38.6 Å². The molecule has 4 rings (SSSR count). The van der Waals surface area contributed by atoms with Crippen molar-refractivity contribution in [3.63, 3.8) is 0 Å². The third-order valence-electron chi connectivity index (χ3n) is 4.31. The van der Waals surface area contributed by atoms with E-state index in [4.69, 9.17) is 0 Å². The fraction of sp³-hybridized carbons (Fsp3) is 0. The number of rotatable bonds is 2. The van der Waals surface area contributed by atoms with Crippen LogP contribution in [0.1, 0.15) is 5.56 Å². The van der Waals surface area contributed by atoms with Crippen LogP contribution in [0, 0.1) is 11.3 Å². The summed E-state index contributed by atoms with van der Waals surface area (Å²) in [6.07, 6.45) is 0. The second kappa shape index (κ2) is 6.02. The Morgan fingerprint density at radius 2 is 1.21 bits per heavy atom.